The number of methoxy groups -OCH3 is 1. The molecule has 0 saturated heterocycles. The molecule has 26 heavy (non-hydrogen) atoms. The van der Waals surface area contributed by atoms with Crippen LogP contribution >= 0.6 is 11.8 Å². The topological polar surface area (TPSA) is 64.1 Å². The van der Waals surface area contributed by atoms with Crippen LogP contribution in [0, 0.1) is 6.92 Å². The summed E-state index contributed by atoms with van der Waals surface area (Å²) in [7, 11) is 1.57. The molecule has 3 aromatic rings. The second kappa shape index (κ2) is 8.49. The Kier molecular flexibility index (Phi) is 5.86. The standard InChI is InChI=1S/C20H19N3O2S/c1-14-7-3-4-8-15(14)16-11-12-20(23-22-16)26-13-19(24)21-17-9-5-6-10-18(17)25-2/h3-12H,13H2,1-2H3,(H,21,24). The van der Waals surface area contributed by atoms with Crippen molar-refractivity contribution in [3.63, 3.8) is 0 Å². The highest BCUT2D eigenvalue weighted by atomic mass is 32.2. The van der Waals surface area contributed by atoms with Crippen LogP contribution in [0.4, 0.5) is 5.69 Å². The molecule has 2 aromatic carbocycles. The number of ether oxygens (including phenoxy) is 1. The van der Waals surface area contributed by atoms with Crippen LogP contribution in [0.2, 0.25) is 0 Å². The Morgan fingerprint density at radius 2 is 1.81 bits per heavy atom. The molecule has 0 atom stereocenters. The smallest absolute Gasteiger partial charge is 0.234 e. The lowest BCUT2D eigenvalue weighted by atomic mass is 10.1. The molecule has 0 spiro atoms. The van der Waals surface area contributed by atoms with Crippen LogP contribution in [0.3, 0.4) is 0 Å². The van der Waals surface area contributed by atoms with Gasteiger partial charge in [-0.25, -0.2) is 0 Å². The van der Waals surface area contributed by atoms with Gasteiger partial charge >= 0.3 is 0 Å². The normalized spacial score (nSPS) is 10.4. The third-order valence-corrected chi connectivity index (χ3v) is 4.71. The number of carbonyl (C=O) groups excluding carboxylic acids is 1. The highest BCUT2D eigenvalue weighted by Gasteiger charge is 2.09. The van der Waals surface area contributed by atoms with E-state index in [-0.39, 0.29) is 11.7 Å². The number of rotatable bonds is 6. The summed E-state index contributed by atoms with van der Waals surface area (Å²) in [5.41, 5.74) is 3.69. The van der Waals surface area contributed by atoms with Crippen molar-refractivity contribution in [2.24, 2.45) is 0 Å². The average Bonchev–Trinajstić information content (AvgIpc) is 2.68. The van der Waals surface area contributed by atoms with Gasteiger partial charge in [0.15, 0.2) is 0 Å². The summed E-state index contributed by atoms with van der Waals surface area (Å²) in [5.74, 6) is 0.758. The van der Waals surface area contributed by atoms with E-state index in [0.29, 0.717) is 16.5 Å². The largest absolute Gasteiger partial charge is 0.495 e. The number of carbonyl (C=O) groups is 1. The molecule has 1 heterocycles. The van der Waals surface area contributed by atoms with Gasteiger partial charge in [-0.05, 0) is 36.8 Å². The molecule has 132 valence electrons. The fourth-order valence-electron chi connectivity index (χ4n) is 2.47. The third-order valence-electron chi connectivity index (χ3n) is 3.79. The maximum atomic E-state index is 12.2. The molecule has 0 aliphatic carbocycles. The SMILES string of the molecule is COc1ccccc1NC(=O)CSc1ccc(-c2ccccc2C)nn1. The van der Waals surface area contributed by atoms with E-state index >= 15 is 0 Å². The summed E-state index contributed by atoms with van der Waals surface area (Å²) in [5, 5.41) is 12.0. The number of amides is 1. The maximum Gasteiger partial charge on any atom is 0.234 e. The zero-order valence-electron chi connectivity index (χ0n) is 14.6. The lowest BCUT2D eigenvalue weighted by Crippen LogP contribution is -2.14. The molecule has 6 heteroatoms. The molecule has 0 saturated carbocycles. The summed E-state index contributed by atoms with van der Waals surface area (Å²) in [6.07, 6.45) is 0. The number of nitrogens with one attached hydrogen (secondary N) is 1. The number of thioether (sulfide) groups is 1. The Balaban J connectivity index is 1.60. The molecule has 0 aliphatic heterocycles. The first kappa shape index (κ1) is 17.9. The highest BCUT2D eigenvalue weighted by Crippen LogP contribution is 2.25. The summed E-state index contributed by atoms with van der Waals surface area (Å²) in [6, 6.07) is 19.2. The van der Waals surface area contributed by atoms with E-state index in [9.17, 15) is 4.79 Å². The van der Waals surface area contributed by atoms with Crippen molar-refractivity contribution in [1.29, 1.82) is 0 Å². The average molecular weight is 365 g/mol. The van der Waals surface area contributed by atoms with Crippen molar-refractivity contribution >= 4 is 23.4 Å². The Morgan fingerprint density at radius 1 is 1.04 bits per heavy atom. The van der Waals surface area contributed by atoms with E-state index in [4.69, 9.17) is 4.74 Å². The van der Waals surface area contributed by atoms with Gasteiger partial charge < -0.3 is 10.1 Å². The zero-order chi connectivity index (χ0) is 18.4. The van der Waals surface area contributed by atoms with Crippen molar-refractivity contribution in [3.05, 3.63) is 66.2 Å². The number of hydrogen-bond acceptors (Lipinski definition) is 5. The molecule has 1 amide bonds. The number of benzene rings is 2. The Hall–Kier alpha value is -2.86. The van der Waals surface area contributed by atoms with Crippen LogP contribution in [0.15, 0.2) is 65.7 Å². The van der Waals surface area contributed by atoms with Gasteiger partial charge in [-0.1, -0.05) is 48.2 Å². The van der Waals surface area contributed by atoms with Crippen LogP contribution in [-0.4, -0.2) is 29.0 Å². The Labute approximate surface area is 156 Å². The highest BCUT2D eigenvalue weighted by molar-refractivity contribution is 7.99. The third kappa shape index (κ3) is 4.40. The van der Waals surface area contributed by atoms with Gasteiger partial charge in [-0.3, -0.25) is 4.79 Å². The van der Waals surface area contributed by atoms with Gasteiger partial charge in [-0.2, -0.15) is 0 Å². The number of aryl methyl sites for hydroxylation is 1. The molecule has 3 rings (SSSR count). The fourth-order valence-corrected chi connectivity index (χ4v) is 3.09. The quantitative estimate of drug-likeness (QED) is 0.664. The molecule has 0 unspecified atom stereocenters. The fraction of sp³-hybridized carbons (Fsp3) is 0.150. The first-order valence-corrected chi connectivity index (χ1v) is 9.11. The summed E-state index contributed by atoms with van der Waals surface area (Å²) in [6.45, 7) is 2.04. The van der Waals surface area contributed by atoms with Crippen LogP contribution in [0.5, 0.6) is 5.75 Å². The van der Waals surface area contributed by atoms with Gasteiger partial charge in [0.2, 0.25) is 5.91 Å². The van der Waals surface area contributed by atoms with E-state index in [1.807, 2.05) is 55.5 Å². The second-order valence-corrected chi connectivity index (χ2v) is 6.60. The van der Waals surface area contributed by atoms with Crippen molar-refractivity contribution in [2.75, 3.05) is 18.2 Å². The molecule has 1 N–H and O–H groups in total. The van der Waals surface area contributed by atoms with E-state index in [1.165, 1.54) is 11.8 Å². The first-order valence-electron chi connectivity index (χ1n) is 8.13. The lowest BCUT2D eigenvalue weighted by Gasteiger charge is -2.09. The predicted octanol–water partition coefficient (Wildman–Crippen LogP) is 4.19. The van der Waals surface area contributed by atoms with Gasteiger partial charge in [0.25, 0.3) is 0 Å². The predicted molar refractivity (Wildman–Crippen MR) is 105 cm³/mol. The molecular weight excluding hydrogens is 346 g/mol. The van der Waals surface area contributed by atoms with Crippen molar-refractivity contribution in [1.82, 2.24) is 10.2 Å². The van der Waals surface area contributed by atoms with Crippen molar-refractivity contribution < 1.29 is 9.53 Å². The molecule has 1 aromatic heterocycles. The summed E-state index contributed by atoms with van der Waals surface area (Å²) < 4.78 is 5.23. The van der Waals surface area contributed by atoms with Gasteiger partial charge in [-0.15, -0.1) is 10.2 Å². The number of hydrogen-bond donors (Lipinski definition) is 1. The first-order chi connectivity index (χ1) is 12.7. The lowest BCUT2D eigenvalue weighted by molar-refractivity contribution is -0.113. The zero-order valence-corrected chi connectivity index (χ0v) is 15.4. The molecule has 0 radical (unpaired) electrons. The van der Waals surface area contributed by atoms with Crippen LogP contribution in [-0.2, 0) is 4.79 Å². The molecule has 0 aliphatic rings. The maximum absolute atomic E-state index is 12.2. The van der Waals surface area contributed by atoms with Crippen molar-refractivity contribution in [2.45, 2.75) is 11.9 Å². The van der Waals surface area contributed by atoms with E-state index in [0.717, 1.165) is 16.8 Å². The number of nitrogens with zero attached hydrogens (tertiary/aromatic N) is 2. The van der Waals surface area contributed by atoms with E-state index in [1.54, 1.807) is 19.2 Å². The van der Waals surface area contributed by atoms with Gasteiger partial charge in [0.05, 0.1) is 24.2 Å². The van der Waals surface area contributed by atoms with E-state index < -0.39 is 0 Å². The monoisotopic (exact) mass is 365 g/mol. The van der Waals surface area contributed by atoms with Crippen LogP contribution in [0.1, 0.15) is 5.56 Å². The van der Waals surface area contributed by atoms with Crippen LogP contribution in [0.25, 0.3) is 11.3 Å². The summed E-state index contributed by atoms with van der Waals surface area (Å²) in [4.78, 5) is 12.2. The summed E-state index contributed by atoms with van der Waals surface area (Å²) >= 11 is 1.34. The minimum absolute atomic E-state index is 0.121. The molecule has 5 nitrogen and oxygen atoms in total. The van der Waals surface area contributed by atoms with Gasteiger partial charge in [0, 0.05) is 5.56 Å². The molecule has 0 fully saturated rings. The van der Waals surface area contributed by atoms with Crippen molar-refractivity contribution in [3.8, 4) is 17.0 Å². The second-order valence-electron chi connectivity index (χ2n) is 5.61. The van der Waals surface area contributed by atoms with E-state index in [2.05, 4.69) is 15.5 Å². The minimum Gasteiger partial charge on any atom is -0.495 e. The molecule has 0 bridgehead atoms. The Bertz CT molecular complexity index is 898. The number of aromatic nitrogens is 2. The minimum atomic E-state index is -0.121. The number of anilines is 1. The number of para-hydroxylation sites is 2. The van der Waals surface area contributed by atoms with Gasteiger partial charge in [0.1, 0.15) is 10.8 Å². The van der Waals surface area contributed by atoms with Crippen LogP contribution < -0.4 is 10.1 Å². The molecular formula is C20H19N3O2S. The Morgan fingerprint density at radius 3 is 2.54 bits per heavy atom.